The monoisotopic (exact) mass is 228 g/mol. The molecule has 0 aromatic carbocycles. The van der Waals surface area contributed by atoms with Gasteiger partial charge in [0.05, 0.1) is 5.75 Å². The first-order valence-corrected chi connectivity index (χ1v) is 6.03. The van der Waals surface area contributed by atoms with Gasteiger partial charge in [-0.05, 0) is 25.8 Å². The Balaban J connectivity index is 0.00000144. The van der Waals surface area contributed by atoms with E-state index in [1.54, 1.807) is 0 Å². The lowest BCUT2D eigenvalue weighted by Gasteiger charge is -2.22. The van der Waals surface area contributed by atoms with Gasteiger partial charge in [0.1, 0.15) is 0 Å². The molecule has 0 saturated carbocycles. The topological polar surface area (TPSA) is 72.2 Å². The highest BCUT2D eigenvalue weighted by molar-refractivity contribution is 7.89. The first-order valence-electron chi connectivity index (χ1n) is 4.32. The van der Waals surface area contributed by atoms with Gasteiger partial charge in [-0.1, -0.05) is 6.42 Å². The zero-order valence-electron chi connectivity index (χ0n) is 7.53. The lowest BCUT2D eigenvalue weighted by atomic mass is 10.0. The lowest BCUT2D eigenvalue weighted by molar-refractivity contribution is 0.392. The van der Waals surface area contributed by atoms with Gasteiger partial charge in [0.15, 0.2) is 0 Å². The Bertz CT molecular complexity index is 225. The second-order valence-electron chi connectivity index (χ2n) is 3.30. The minimum absolute atomic E-state index is 0. The molecule has 1 saturated heterocycles. The van der Waals surface area contributed by atoms with E-state index in [0.29, 0.717) is 12.5 Å². The van der Waals surface area contributed by atoms with Crippen LogP contribution in [0, 0.1) is 0 Å². The molecule has 1 unspecified atom stereocenters. The van der Waals surface area contributed by atoms with Crippen LogP contribution in [0.1, 0.15) is 25.7 Å². The maximum atomic E-state index is 10.6. The molecule has 0 amide bonds. The van der Waals surface area contributed by atoms with Gasteiger partial charge in [-0.25, -0.2) is 13.6 Å². The smallest absolute Gasteiger partial charge is 0.209 e. The van der Waals surface area contributed by atoms with Gasteiger partial charge in [0.2, 0.25) is 10.0 Å². The fourth-order valence-corrected chi connectivity index (χ4v) is 2.09. The predicted octanol–water partition coefficient (Wildman–Crippen LogP) is 0.229. The van der Waals surface area contributed by atoms with Gasteiger partial charge in [-0.2, -0.15) is 0 Å². The molecule has 6 heteroatoms. The van der Waals surface area contributed by atoms with E-state index in [-0.39, 0.29) is 18.2 Å². The molecule has 3 N–H and O–H groups in total. The average Bonchev–Trinajstić information content (AvgIpc) is 2.02. The van der Waals surface area contributed by atoms with Gasteiger partial charge in [0, 0.05) is 6.04 Å². The predicted molar refractivity (Wildman–Crippen MR) is 55.5 cm³/mol. The zero-order chi connectivity index (χ0) is 9.03. The highest BCUT2D eigenvalue weighted by Crippen LogP contribution is 2.10. The molecule has 0 spiro atoms. The van der Waals surface area contributed by atoms with Crippen molar-refractivity contribution in [2.45, 2.75) is 31.7 Å². The van der Waals surface area contributed by atoms with Gasteiger partial charge >= 0.3 is 0 Å². The van der Waals surface area contributed by atoms with Crippen LogP contribution in [0.4, 0.5) is 0 Å². The van der Waals surface area contributed by atoms with E-state index in [2.05, 4.69) is 5.32 Å². The van der Waals surface area contributed by atoms with Crippen molar-refractivity contribution < 1.29 is 8.42 Å². The molecule has 1 aliphatic rings. The number of piperidine rings is 1. The van der Waals surface area contributed by atoms with E-state index in [9.17, 15) is 8.42 Å². The van der Waals surface area contributed by atoms with Gasteiger partial charge in [-0.15, -0.1) is 12.4 Å². The van der Waals surface area contributed by atoms with E-state index in [1.165, 1.54) is 12.8 Å². The van der Waals surface area contributed by atoms with Crippen molar-refractivity contribution in [1.29, 1.82) is 0 Å². The average molecular weight is 229 g/mol. The summed E-state index contributed by atoms with van der Waals surface area (Å²) in [6.07, 6.45) is 4.13. The first-order chi connectivity index (χ1) is 5.58. The molecule has 80 valence electrons. The number of primary sulfonamides is 1. The third-order valence-corrected chi connectivity index (χ3v) is 2.97. The molecule has 1 rings (SSSR count). The number of rotatable bonds is 3. The largest absolute Gasteiger partial charge is 0.314 e. The summed E-state index contributed by atoms with van der Waals surface area (Å²) in [6.45, 7) is 1.01. The van der Waals surface area contributed by atoms with Crippen molar-refractivity contribution in [2.24, 2.45) is 5.14 Å². The molecular weight excluding hydrogens is 212 g/mol. The molecule has 1 atom stereocenters. The Morgan fingerprint density at radius 2 is 2.08 bits per heavy atom. The first kappa shape index (κ1) is 13.2. The molecule has 1 aliphatic heterocycles. The van der Waals surface area contributed by atoms with E-state index in [0.717, 1.165) is 13.0 Å². The molecule has 4 nitrogen and oxygen atoms in total. The van der Waals surface area contributed by atoms with Crippen molar-refractivity contribution in [2.75, 3.05) is 12.3 Å². The Morgan fingerprint density at radius 3 is 2.54 bits per heavy atom. The summed E-state index contributed by atoms with van der Waals surface area (Å²) < 4.78 is 21.2. The highest BCUT2D eigenvalue weighted by Gasteiger charge is 2.14. The Hall–Kier alpha value is 0.160. The van der Waals surface area contributed by atoms with Gasteiger partial charge in [-0.3, -0.25) is 0 Å². The van der Waals surface area contributed by atoms with Crippen molar-refractivity contribution in [1.82, 2.24) is 5.32 Å². The molecule has 0 aliphatic carbocycles. The summed E-state index contributed by atoms with van der Waals surface area (Å²) in [5, 5.41) is 8.17. The third kappa shape index (κ3) is 6.26. The molecule has 0 aromatic rings. The van der Waals surface area contributed by atoms with Crippen LogP contribution in [0.2, 0.25) is 0 Å². The zero-order valence-corrected chi connectivity index (χ0v) is 9.16. The maximum absolute atomic E-state index is 10.6. The number of sulfonamides is 1. The van der Waals surface area contributed by atoms with Crippen LogP contribution in [-0.2, 0) is 10.0 Å². The second kappa shape index (κ2) is 5.80. The fourth-order valence-electron chi connectivity index (χ4n) is 1.48. The minimum atomic E-state index is -3.26. The quantitative estimate of drug-likeness (QED) is 0.727. The summed E-state index contributed by atoms with van der Waals surface area (Å²) >= 11 is 0. The van der Waals surface area contributed by atoms with E-state index in [4.69, 9.17) is 5.14 Å². The number of nitrogens with two attached hydrogens (primary N) is 1. The summed E-state index contributed by atoms with van der Waals surface area (Å²) in [5.41, 5.74) is 0. The summed E-state index contributed by atoms with van der Waals surface area (Å²) in [5.74, 6) is 0.102. The van der Waals surface area contributed by atoms with E-state index >= 15 is 0 Å². The number of nitrogens with one attached hydrogen (secondary N) is 1. The van der Waals surface area contributed by atoms with Crippen LogP contribution in [-0.4, -0.2) is 26.8 Å². The van der Waals surface area contributed by atoms with Crippen molar-refractivity contribution in [3.05, 3.63) is 0 Å². The van der Waals surface area contributed by atoms with Crippen molar-refractivity contribution >= 4 is 22.4 Å². The van der Waals surface area contributed by atoms with E-state index in [1.807, 2.05) is 0 Å². The van der Waals surface area contributed by atoms with Gasteiger partial charge < -0.3 is 5.32 Å². The maximum Gasteiger partial charge on any atom is 0.209 e. The Labute approximate surface area is 85.7 Å². The molecule has 1 heterocycles. The number of hydrogen-bond donors (Lipinski definition) is 2. The van der Waals surface area contributed by atoms with Crippen LogP contribution in [0.3, 0.4) is 0 Å². The highest BCUT2D eigenvalue weighted by atomic mass is 35.5. The second-order valence-corrected chi connectivity index (χ2v) is 5.04. The van der Waals surface area contributed by atoms with Crippen molar-refractivity contribution in [3.8, 4) is 0 Å². The van der Waals surface area contributed by atoms with E-state index < -0.39 is 10.0 Å². The lowest BCUT2D eigenvalue weighted by Crippen LogP contribution is -2.36. The summed E-state index contributed by atoms with van der Waals surface area (Å²) in [4.78, 5) is 0. The molecule has 0 bridgehead atoms. The third-order valence-electron chi connectivity index (χ3n) is 2.16. The molecule has 13 heavy (non-hydrogen) atoms. The Kier molecular flexibility index (Phi) is 5.87. The van der Waals surface area contributed by atoms with Crippen LogP contribution in [0.5, 0.6) is 0 Å². The fraction of sp³-hybridized carbons (Fsp3) is 1.00. The summed E-state index contributed by atoms with van der Waals surface area (Å²) in [6, 6.07) is 0.358. The Morgan fingerprint density at radius 1 is 1.38 bits per heavy atom. The summed E-state index contributed by atoms with van der Waals surface area (Å²) in [7, 11) is -3.26. The molecule has 1 fully saturated rings. The van der Waals surface area contributed by atoms with Crippen LogP contribution in [0.15, 0.2) is 0 Å². The van der Waals surface area contributed by atoms with Crippen LogP contribution < -0.4 is 10.5 Å². The van der Waals surface area contributed by atoms with Crippen LogP contribution >= 0.6 is 12.4 Å². The molecule has 0 aromatic heterocycles. The van der Waals surface area contributed by atoms with Crippen molar-refractivity contribution in [3.63, 3.8) is 0 Å². The number of halogens is 1. The SMILES string of the molecule is Cl.NS(=O)(=O)CCC1CCCCN1. The van der Waals surface area contributed by atoms with Crippen LogP contribution in [0.25, 0.3) is 0 Å². The minimum Gasteiger partial charge on any atom is -0.314 e. The molecular formula is C7H17ClN2O2S. The number of hydrogen-bond acceptors (Lipinski definition) is 3. The normalized spacial score (nSPS) is 23.6. The standard InChI is InChI=1S/C7H16N2O2S.ClH/c8-12(10,11)6-4-7-3-1-2-5-9-7;/h7,9H,1-6H2,(H2,8,10,11);1H. The molecule has 0 radical (unpaired) electrons. The van der Waals surface area contributed by atoms with Gasteiger partial charge in [0.25, 0.3) is 0 Å².